The van der Waals surface area contributed by atoms with Gasteiger partial charge in [-0.2, -0.15) is 0 Å². The highest BCUT2D eigenvalue weighted by molar-refractivity contribution is 5.71. The maximum absolute atomic E-state index is 11.4. The zero-order valence-corrected chi connectivity index (χ0v) is 14.6. The standard InChI is InChI=1S/C18H35NO2/c1-6-7-8-9-10-13(2)19-16-12-11-15(17(20)21)18(4,5)14(16)3/h13-16,19H,6-12H2,1-5H3,(H,20,21). The number of rotatable bonds is 8. The van der Waals surface area contributed by atoms with E-state index in [0.717, 1.165) is 12.8 Å². The van der Waals surface area contributed by atoms with E-state index < -0.39 is 5.97 Å². The van der Waals surface area contributed by atoms with E-state index in [9.17, 15) is 9.90 Å². The number of carboxylic acid groups (broad SMARTS) is 1. The fourth-order valence-electron chi connectivity index (χ4n) is 3.80. The van der Waals surface area contributed by atoms with E-state index in [0.29, 0.717) is 18.0 Å². The van der Waals surface area contributed by atoms with E-state index in [1.54, 1.807) is 0 Å². The second-order valence-corrected chi connectivity index (χ2v) is 7.60. The third kappa shape index (κ3) is 4.98. The summed E-state index contributed by atoms with van der Waals surface area (Å²) in [4.78, 5) is 11.4. The Kier molecular flexibility index (Phi) is 7.19. The van der Waals surface area contributed by atoms with Crippen LogP contribution in [-0.4, -0.2) is 23.2 Å². The largest absolute Gasteiger partial charge is 0.481 e. The van der Waals surface area contributed by atoms with Crippen LogP contribution in [0.15, 0.2) is 0 Å². The number of hydrogen-bond acceptors (Lipinski definition) is 2. The average Bonchev–Trinajstić information content (AvgIpc) is 2.40. The lowest BCUT2D eigenvalue weighted by molar-refractivity contribution is -0.150. The Morgan fingerprint density at radius 1 is 1.29 bits per heavy atom. The summed E-state index contributed by atoms with van der Waals surface area (Å²) in [6, 6.07) is 0.989. The first kappa shape index (κ1) is 18.5. The molecule has 0 aliphatic heterocycles. The monoisotopic (exact) mass is 297 g/mol. The van der Waals surface area contributed by atoms with Crippen molar-refractivity contribution in [1.82, 2.24) is 5.32 Å². The third-order valence-corrected chi connectivity index (χ3v) is 5.73. The molecular weight excluding hydrogens is 262 g/mol. The van der Waals surface area contributed by atoms with Crippen LogP contribution in [0, 0.1) is 17.3 Å². The van der Waals surface area contributed by atoms with Crippen molar-refractivity contribution in [3.8, 4) is 0 Å². The van der Waals surface area contributed by atoms with E-state index in [4.69, 9.17) is 0 Å². The van der Waals surface area contributed by atoms with Gasteiger partial charge in [-0.1, -0.05) is 53.4 Å². The molecule has 0 spiro atoms. The molecule has 4 unspecified atom stereocenters. The second-order valence-electron chi connectivity index (χ2n) is 7.60. The zero-order chi connectivity index (χ0) is 16.0. The van der Waals surface area contributed by atoms with Crippen molar-refractivity contribution < 1.29 is 9.90 Å². The van der Waals surface area contributed by atoms with Crippen molar-refractivity contribution in [1.29, 1.82) is 0 Å². The molecule has 0 aromatic rings. The minimum absolute atomic E-state index is 0.135. The zero-order valence-electron chi connectivity index (χ0n) is 14.6. The molecule has 3 nitrogen and oxygen atoms in total. The number of carbonyl (C=O) groups is 1. The number of aliphatic carboxylic acids is 1. The fraction of sp³-hybridized carbons (Fsp3) is 0.944. The molecule has 1 aliphatic carbocycles. The van der Waals surface area contributed by atoms with Gasteiger partial charge in [0.1, 0.15) is 0 Å². The van der Waals surface area contributed by atoms with Crippen molar-refractivity contribution in [2.75, 3.05) is 0 Å². The SMILES string of the molecule is CCCCCCC(C)NC1CCC(C(=O)O)C(C)(C)C1C. The molecular formula is C18H35NO2. The van der Waals surface area contributed by atoms with Gasteiger partial charge in [-0.25, -0.2) is 0 Å². The molecule has 1 aliphatic rings. The molecule has 0 heterocycles. The molecule has 0 saturated heterocycles. The van der Waals surface area contributed by atoms with Crippen molar-refractivity contribution in [2.24, 2.45) is 17.3 Å². The highest BCUT2D eigenvalue weighted by Gasteiger charge is 2.46. The van der Waals surface area contributed by atoms with Gasteiger partial charge >= 0.3 is 5.97 Å². The van der Waals surface area contributed by atoms with Gasteiger partial charge in [-0.15, -0.1) is 0 Å². The minimum atomic E-state index is -0.627. The maximum atomic E-state index is 11.4. The van der Waals surface area contributed by atoms with Crippen molar-refractivity contribution in [2.45, 2.75) is 91.6 Å². The summed E-state index contributed by atoms with van der Waals surface area (Å²) in [5.41, 5.74) is -0.135. The Morgan fingerprint density at radius 3 is 2.52 bits per heavy atom. The van der Waals surface area contributed by atoms with Crippen LogP contribution < -0.4 is 5.32 Å². The molecule has 4 atom stereocenters. The smallest absolute Gasteiger partial charge is 0.307 e. The van der Waals surface area contributed by atoms with Gasteiger partial charge in [-0.3, -0.25) is 4.79 Å². The first-order valence-corrected chi connectivity index (χ1v) is 8.79. The molecule has 3 heteroatoms. The highest BCUT2D eigenvalue weighted by atomic mass is 16.4. The molecule has 0 bridgehead atoms. The van der Waals surface area contributed by atoms with Crippen LogP contribution in [-0.2, 0) is 4.79 Å². The van der Waals surface area contributed by atoms with E-state index in [2.05, 4.69) is 39.9 Å². The molecule has 1 rings (SSSR count). The summed E-state index contributed by atoms with van der Waals surface area (Å²) in [6.45, 7) is 11.0. The fourth-order valence-corrected chi connectivity index (χ4v) is 3.80. The van der Waals surface area contributed by atoms with Crippen LogP contribution in [0.1, 0.15) is 79.6 Å². The first-order chi connectivity index (χ1) is 9.80. The third-order valence-electron chi connectivity index (χ3n) is 5.73. The first-order valence-electron chi connectivity index (χ1n) is 8.79. The molecule has 2 N–H and O–H groups in total. The van der Waals surface area contributed by atoms with E-state index in [-0.39, 0.29) is 11.3 Å². The van der Waals surface area contributed by atoms with Gasteiger partial charge in [-0.05, 0) is 37.5 Å². The molecule has 1 saturated carbocycles. The number of carboxylic acids is 1. The van der Waals surface area contributed by atoms with Gasteiger partial charge in [0, 0.05) is 12.1 Å². The Labute approximate surface area is 130 Å². The van der Waals surface area contributed by atoms with E-state index in [1.807, 2.05) is 0 Å². The van der Waals surface area contributed by atoms with Crippen molar-refractivity contribution in [3.05, 3.63) is 0 Å². The van der Waals surface area contributed by atoms with E-state index >= 15 is 0 Å². The van der Waals surface area contributed by atoms with Crippen molar-refractivity contribution >= 4 is 5.97 Å². The highest BCUT2D eigenvalue weighted by Crippen LogP contribution is 2.45. The van der Waals surface area contributed by atoms with Crippen molar-refractivity contribution in [3.63, 3.8) is 0 Å². The lowest BCUT2D eigenvalue weighted by Gasteiger charge is -2.47. The molecule has 0 amide bonds. The number of hydrogen-bond donors (Lipinski definition) is 2. The quantitative estimate of drug-likeness (QED) is 0.650. The Hall–Kier alpha value is -0.570. The topological polar surface area (TPSA) is 49.3 Å². The van der Waals surface area contributed by atoms with Gasteiger partial charge in [0.15, 0.2) is 0 Å². The Bertz CT molecular complexity index is 327. The molecule has 0 aromatic heterocycles. The lowest BCUT2D eigenvalue weighted by atomic mass is 9.61. The summed E-state index contributed by atoms with van der Waals surface area (Å²) in [7, 11) is 0. The summed E-state index contributed by atoms with van der Waals surface area (Å²) in [6.07, 6.45) is 8.26. The van der Waals surface area contributed by atoms with Crippen LogP contribution >= 0.6 is 0 Å². The summed E-state index contributed by atoms with van der Waals surface area (Å²) in [5, 5.41) is 13.2. The second kappa shape index (κ2) is 8.17. The van der Waals surface area contributed by atoms with Gasteiger partial charge < -0.3 is 10.4 Å². The molecule has 124 valence electrons. The summed E-state index contributed by atoms with van der Waals surface area (Å²) in [5.74, 6) is -0.436. The van der Waals surface area contributed by atoms with Crippen LogP contribution in [0.5, 0.6) is 0 Å². The number of nitrogens with one attached hydrogen (secondary N) is 1. The van der Waals surface area contributed by atoms with Gasteiger partial charge in [0.05, 0.1) is 5.92 Å². The Balaban J connectivity index is 2.48. The summed E-state index contributed by atoms with van der Waals surface area (Å²) < 4.78 is 0. The molecule has 0 radical (unpaired) electrons. The van der Waals surface area contributed by atoms with E-state index in [1.165, 1.54) is 32.1 Å². The predicted molar refractivity (Wildman–Crippen MR) is 88.4 cm³/mol. The van der Waals surface area contributed by atoms with Crippen LogP contribution in [0.4, 0.5) is 0 Å². The maximum Gasteiger partial charge on any atom is 0.307 e. The van der Waals surface area contributed by atoms with Gasteiger partial charge in [0.25, 0.3) is 0 Å². The van der Waals surface area contributed by atoms with Crippen LogP contribution in [0.2, 0.25) is 0 Å². The van der Waals surface area contributed by atoms with Crippen LogP contribution in [0.3, 0.4) is 0 Å². The average molecular weight is 297 g/mol. The van der Waals surface area contributed by atoms with Gasteiger partial charge in [0.2, 0.25) is 0 Å². The number of unbranched alkanes of at least 4 members (excludes halogenated alkanes) is 3. The Morgan fingerprint density at radius 2 is 1.95 bits per heavy atom. The normalized spacial score (nSPS) is 30.0. The van der Waals surface area contributed by atoms with Crippen LogP contribution in [0.25, 0.3) is 0 Å². The predicted octanol–water partition coefficient (Wildman–Crippen LogP) is 4.46. The minimum Gasteiger partial charge on any atom is -0.481 e. The molecule has 1 fully saturated rings. The lowest BCUT2D eigenvalue weighted by Crippen LogP contribution is -2.52. The molecule has 0 aromatic carbocycles. The molecule has 21 heavy (non-hydrogen) atoms. The summed E-state index contributed by atoms with van der Waals surface area (Å²) >= 11 is 0.